The fraction of sp³-hybridized carbons (Fsp3) is 0.929. The van der Waals surface area contributed by atoms with Gasteiger partial charge in [0, 0.05) is 22.9 Å². The molecule has 0 amide bonds. The van der Waals surface area contributed by atoms with Crippen molar-refractivity contribution in [2.75, 3.05) is 7.05 Å². The molecule has 0 aliphatic carbocycles. The topological polar surface area (TPSA) is 20.3 Å². The quantitative estimate of drug-likeness (QED) is 0.719. The average Bonchev–Trinajstić information content (AvgIpc) is 2.11. The standard InChI is InChI=1S/C14H27NO/c1-10(2)12(16)11-8-13(3,4)15(7)14(5,6)9-11/h10-11H,8-9H2,1-7H3. The average molecular weight is 225 g/mol. The summed E-state index contributed by atoms with van der Waals surface area (Å²) in [5.74, 6) is 0.843. The summed E-state index contributed by atoms with van der Waals surface area (Å²) < 4.78 is 0. The minimum Gasteiger partial charge on any atom is -0.299 e. The molecule has 0 atom stereocenters. The molecule has 16 heavy (non-hydrogen) atoms. The summed E-state index contributed by atoms with van der Waals surface area (Å²) in [4.78, 5) is 14.6. The van der Waals surface area contributed by atoms with Crippen LogP contribution in [0.25, 0.3) is 0 Å². The van der Waals surface area contributed by atoms with Crippen LogP contribution in [0.2, 0.25) is 0 Å². The molecule has 1 aliphatic heterocycles. The molecule has 1 aliphatic rings. The van der Waals surface area contributed by atoms with Gasteiger partial charge in [-0.3, -0.25) is 9.69 Å². The molecule has 1 rings (SSSR count). The number of carbonyl (C=O) groups is 1. The van der Waals surface area contributed by atoms with E-state index in [-0.39, 0.29) is 22.9 Å². The smallest absolute Gasteiger partial charge is 0.138 e. The number of hydrogen-bond donors (Lipinski definition) is 0. The third-order valence-corrected chi connectivity index (χ3v) is 4.28. The van der Waals surface area contributed by atoms with Gasteiger partial charge < -0.3 is 0 Å². The van der Waals surface area contributed by atoms with E-state index >= 15 is 0 Å². The van der Waals surface area contributed by atoms with Gasteiger partial charge in [0.2, 0.25) is 0 Å². The predicted octanol–water partition coefficient (Wildman–Crippen LogP) is 3.11. The fourth-order valence-electron chi connectivity index (χ4n) is 3.04. The maximum absolute atomic E-state index is 12.2. The van der Waals surface area contributed by atoms with Gasteiger partial charge in [-0.15, -0.1) is 0 Å². The Morgan fingerprint density at radius 2 is 1.50 bits per heavy atom. The second kappa shape index (κ2) is 4.14. The van der Waals surface area contributed by atoms with Crippen LogP contribution < -0.4 is 0 Å². The molecule has 0 aromatic heterocycles. The van der Waals surface area contributed by atoms with E-state index in [1.54, 1.807) is 0 Å². The number of hydrogen-bond acceptors (Lipinski definition) is 2. The maximum atomic E-state index is 12.2. The summed E-state index contributed by atoms with van der Waals surface area (Å²) in [7, 11) is 2.18. The molecule has 94 valence electrons. The summed E-state index contributed by atoms with van der Waals surface area (Å²) in [5.41, 5.74) is 0.244. The first-order chi connectivity index (χ1) is 7.08. The molecular formula is C14H27NO. The first-order valence-corrected chi connectivity index (χ1v) is 6.35. The highest BCUT2D eigenvalue weighted by Crippen LogP contribution is 2.41. The number of likely N-dealkylation sites (tertiary alicyclic amines) is 1. The van der Waals surface area contributed by atoms with E-state index in [9.17, 15) is 4.79 Å². The van der Waals surface area contributed by atoms with E-state index in [2.05, 4.69) is 39.6 Å². The largest absolute Gasteiger partial charge is 0.299 e. The van der Waals surface area contributed by atoms with Crippen LogP contribution in [0.15, 0.2) is 0 Å². The SMILES string of the molecule is CC(C)C(=O)C1CC(C)(C)N(C)C(C)(C)C1. The van der Waals surface area contributed by atoms with Gasteiger partial charge in [0.05, 0.1) is 0 Å². The third kappa shape index (κ3) is 2.48. The normalized spacial score (nSPS) is 26.0. The van der Waals surface area contributed by atoms with Gasteiger partial charge >= 0.3 is 0 Å². The van der Waals surface area contributed by atoms with Crippen LogP contribution in [0.3, 0.4) is 0 Å². The van der Waals surface area contributed by atoms with Crippen LogP contribution in [0.1, 0.15) is 54.4 Å². The van der Waals surface area contributed by atoms with Gasteiger partial charge in [0.1, 0.15) is 5.78 Å². The Labute approximate surface area is 100 Å². The third-order valence-electron chi connectivity index (χ3n) is 4.28. The summed E-state index contributed by atoms with van der Waals surface area (Å²) >= 11 is 0. The molecule has 0 aromatic carbocycles. The lowest BCUT2D eigenvalue weighted by atomic mass is 9.71. The zero-order valence-electron chi connectivity index (χ0n) is 11.9. The zero-order valence-corrected chi connectivity index (χ0v) is 11.9. The van der Waals surface area contributed by atoms with Crippen LogP contribution in [0.4, 0.5) is 0 Å². The minimum absolute atomic E-state index is 0.122. The lowest BCUT2D eigenvalue weighted by Crippen LogP contribution is -2.59. The van der Waals surface area contributed by atoms with Gasteiger partial charge in [0.15, 0.2) is 0 Å². The molecule has 0 saturated carbocycles. The maximum Gasteiger partial charge on any atom is 0.138 e. The molecule has 0 spiro atoms. The molecule has 1 fully saturated rings. The molecular weight excluding hydrogens is 198 g/mol. The van der Waals surface area contributed by atoms with Gasteiger partial charge in [-0.05, 0) is 47.6 Å². The van der Waals surface area contributed by atoms with E-state index in [0.717, 1.165) is 12.8 Å². The second-order valence-electron chi connectivity index (χ2n) is 6.85. The van der Waals surface area contributed by atoms with Crippen LogP contribution in [0, 0.1) is 11.8 Å². The number of piperidine rings is 1. The number of nitrogens with zero attached hydrogens (tertiary/aromatic N) is 1. The molecule has 1 heterocycles. The highest BCUT2D eigenvalue weighted by Gasteiger charge is 2.45. The Hall–Kier alpha value is -0.370. The molecule has 1 saturated heterocycles. The van der Waals surface area contributed by atoms with E-state index in [1.807, 2.05) is 13.8 Å². The number of Topliss-reactive ketones (excluding diaryl/α,β-unsaturated/α-hetero) is 1. The van der Waals surface area contributed by atoms with Crippen molar-refractivity contribution in [3.05, 3.63) is 0 Å². The van der Waals surface area contributed by atoms with Crippen molar-refractivity contribution in [3.8, 4) is 0 Å². The molecule has 0 N–H and O–H groups in total. The minimum atomic E-state index is 0.122. The number of carbonyl (C=O) groups excluding carboxylic acids is 1. The molecule has 2 nitrogen and oxygen atoms in total. The lowest BCUT2D eigenvalue weighted by molar-refractivity contribution is -0.133. The van der Waals surface area contributed by atoms with Crippen molar-refractivity contribution in [2.45, 2.75) is 65.5 Å². The number of ketones is 1. The van der Waals surface area contributed by atoms with Crippen LogP contribution in [-0.2, 0) is 4.79 Å². The number of rotatable bonds is 2. The van der Waals surface area contributed by atoms with Crippen molar-refractivity contribution in [1.82, 2.24) is 4.90 Å². The van der Waals surface area contributed by atoms with E-state index in [0.29, 0.717) is 5.78 Å². The zero-order chi connectivity index (χ0) is 12.7. The van der Waals surface area contributed by atoms with Crippen molar-refractivity contribution < 1.29 is 4.79 Å². The Morgan fingerprint density at radius 1 is 1.12 bits per heavy atom. The highest BCUT2D eigenvalue weighted by molar-refractivity contribution is 5.83. The van der Waals surface area contributed by atoms with Gasteiger partial charge in [-0.1, -0.05) is 13.8 Å². The lowest BCUT2D eigenvalue weighted by Gasteiger charge is -2.53. The Kier molecular flexibility index (Phi) is 3.54. The fourth-order valence-corrected chi connectivity index (χ4v) is 3.04. The molecule has 0 bridgehead atoms. The monoisotopic (exact) mass is 225 g/mol. The summed E-state index contributed by atoms with van der Waals surface area (Å²) in [5, 5.41) is 0. The Balaban J connectivity index is 2.91. The van der Waals surface area contributed by atoms with Crippen LogP contribution in [0.5, 0.6) is 0 Å². The summed E-state index contributed by atoms with van der Waals surface area (Å²) in [6.45, 7) is 13.0. The Morgan fingerprint density at radius 3 is 1.81 bits per heavy atom. The van der Waals surface area contributed by atoms with E-state index in [1.165, 1.54) is 0 Å². The van der Waals surface area contributed by atoms with Gasteiger partial charge in [-0.25, -0.2) is 0 Å². The highest BCUT2D eigenvalue weighted by atomic mass is 16.1. The Bertz CT molecular complexity index is 260. The first-order valence-electron chi connectivity index (χ1n) is 6.35. The van der Waals surface area contributed by atoms with Crippen molar-refractivity contribution in [2.24, 2.45) is 11.8 Å². The van der Waals surface area contributed by atoms with Gasteiger partial charge in [-0.2, -0.15) is 0 Å². The molecule has 0 aromatic rings. The summed E-state index contributed by atoms with van der Waals surface area (Å²) in [6.07, 6.45) is 1.98. The molecule has 0 radical (unpaired) electrons. The van der Waals surface area contributed by atoms with Gasteiger partial charge in [0.25, 0.3) is 0 Å². The van der Waals surface area contributed by atoms with Crippen molar-refractivity contribution in [3.63, 3.8) is 0 Å². The summed E-state index contributed by atoms with van der Waals surface area (Å²) in [6, 6.07) is 0. The van der Waals surface area contributed by atoms with E-state index < -0.39 is 0 Å². The van der Waals surface area contributed by atoms with Crippen LogP contribution >= 0.6 is 0 Å². The predicted molar refractivity (Wildman–Crippen MR) is 68.5 cm³/mol. The van der Waals surface area contributed by atoms with Crippen molar-refractivity contribution >= 4 is 5.78 Å². The van der Waals surface area contributed by atoms with Crippen molar-refractivity contribution in [1.29, 1.82) is 0 Å². The second-order valence-corrected chi connectivity index (χ2v) is 6.85. The first kappa shape index (κ1) is 13.7. The van der Waals surface area contributed by atoms with Crippen LogP contribution in [-0.4, -0.2) is 28.8 Å². The van der Waals surface area contributed by atoms with E-state index in [4.69, 9.17) is 0 Å². The molecule has 0 unspecified atom stereocenters. The molecule has 2 heteroatoms.